The van der Waals surface area contributed by atoms with Crippen LogP contribution in [0.25, 0.3) is 0 Å². The molecule has 1 aliphatic rings. The summed E-state index contributed by atoms with van der Waals surface area (Å²) in [6.45, 7) is 11.1. The smallest absolute Gasteiger partial charge is 0.305 e. The quantitative estimate of drug-likeness (QED) is 0.0570. The fraction of sp³-hybridized carbons (Fsp3) is 0.581. The normalized spacial score (nSPS) is 15.0. The standard InChI is InChI=1S/C15H23F3.C11H15NOS.C3H4.C2H6/c1-13(11-12-15(16,17)18)7-6-10-14-8-4-2-3-5-9-14;1-3-10(4-6-13)8-11(5-7-14)9(2)12;1-3-2;1-2/h6-7,11,14H,2-5,8-10,12H2,1H3;5-8,12H,3-4H2,1-2H3;1H,2H3;1-2H3/b7-6-,13-11-;10-8-,11-5+,12-9?;;. The van der Waals surface area contributed by atoms with Gasteiger partial charge in [-0.1, -0.05) is 107 Å². The van der Waals surface area contributed by atoms with Gasteiger partial charge in [-0.2, -0.15) is 13.2 Å². The van der Waals surface area contributed by atoms with Crippen molar-refractivity contribution in [3.05, 3.63) is 47.1 Å². The first-order chi connectivity index (χ1) is 17.5. The maximum absolute atomic E-state index is 12.0. The van der Waals surface area contributed by atoms with Crippen LogP contribution in [0.1, 0.15) is 106 Å². The number of thiocarbonyl (C=S) groups is 1. The molecule has 0 aromatic carbocycles. The van der Waals surface area contributed by atoms with Crippen LogP contribution in [0.3, 0.4) is 0 Å². The van der Waals surface area contributed by atoms with E-state index in [0.29, 0.717) is 17.7 Å². The molecule has 37 heavy (non-hydrogen) atoms. The summed E-state index contributed by atoms with van der Waals surface area (Å²) in [5.41, 5.74) is 2.97. The molecule has 1 rings (SSSR count). The highest BCUT2D eigenvalue weighted by Gasteiger charge is 2.24. The second-order valence-electron chi connectivity index (χ2n) is 8.46. The van der Waals surface area contributed by atoms with Gasteiger partial charge in [0.2, 0.25) is 0 Å². The lowest BCUT2D eigenvalue weighted by molar-refractivity contribution is -0.125. The monoisotopic (exact) mass is 539 g/mol. The Labute approximate surface area is 230 Å². The van der Waals surface area contributed by atoms with Crippen molar-refractivity contribution < 1.29 is 18.0 Å². The topological polar surface area (TPSA) is 40.9 Å². The Morgan fingerprint density at radius 2 is 1.68 bits per heavy atom. The molecular weight excluding hydrogens is 491 g/mol. The van der Waals surface area contributed by atoms with E-state index in [2.05, 4.69) is 12.3 Å². The van der Waals surface area contributed by atoms with E-state index in [1.807, 2.05) is 39.0 Å². The molecule has 0 amide bonds. The minimum absolute atomic E-state index is 0.429. The van der Waals surface area contributed by atoms with Crippen LogP contribution >= 0.6 is 12.2 Å². The lowest BCUT2D eigenvalue weighted by Crippen LogP contribution is -2.04. The zero-order valence-electron chi connectivity index (χ0n) is 23.7. The molecular formula is C31H48F3NOS. The maximum atomic E-state index is 12.0. The van der Waals surface area contributed by atoms with Crippen LogP contribution in [0.4, 0.5) is 13.2 Å². The van der Waals surface area contributed by atoms with Crippen LogP contribution in [0.5, 0.6) is 0 Å². The number of terminal acetylenes is 1. The maximum Gasteiger partial charge on any atom is 0.392 e. The predicted octanol–water partition coefficient (Wildman–Crippen LogP) is 10.3. The molecule has 1 saturated carbocycles. The molecule has 6 heteroatoms. The third kappa shape index (κ3) is 28.2. The van der Waals surface area contributed by atoms with Gasteiger partial charge in [-0.25, -0.2) is 0 Å². The molecule has 0 atom stereocenters. The van der Waals surface area contributed by atoms with Crippen LogP contribution in [0, 0.1) is 23.7 Å². The first-order valence-electron chi connectivity index (χ1n) is 13.2. The van der Waals surface area contributed by atoms with Crippen molar-refractivity contribution in [2.45, 2.75) is 112 Å². The van der Waals surface area contributed by atoms with Crippen LogP contribution in [0.15, 0.2) is 47.1 Å². The molecule has 0 bridgehead atoms. The molecule has 0 aliphatic heterocycles. The zero-order chi connectivity index (χ0) is 29.1. The molecule has 0 aromatic rings. The summed E-state index contributed by atoms with van der Waals surface area (Å²) >= 11 is 4.70. The number of carbonyl (C=O) groups is 1. The third-order valence-electron chi connectivity index (χ3n) is 5.32. The Bertz CT molecular complexity index is 775. The zero-order valence-corrected chi connectivity index (χ0v) is 24.5. The number of hydrogen-bond acceptors (Lipinski definition) is 3. The number of allylic oxidation sites excluding steroid dienone is 8. The van der Waals surface area contributed by atoms with Crippen LogP contribution in [0.2, 0.25) is 0 Å². The van der Waals surface area contributed by atoms with E-state index in [1.54, 1.807) is 26.8 Å². The fourth-order valence-corrected chi connectivity index (χ4v) is 3.52. The summed E-state index contributed by atoms with van der Waals surface area (Å²) in [6, 6.07) is 0. The highest BCUT2D eigenvalue weighted by Crippen LogP contribution is 2.26. The first kappa shape index (κ1) is 39.3. The molecule has 1 aliphatic carbocycles. The number of nitrogens with one attached hydrogen (secondary N) is 1. The van der Waals surface area contributed by atoms with E-state index >= 15 is 0 Å². The lowest BCUT2D eigenvalue weighted by atomic mass is 9.96. The Morgan fingerprint density at radius 1 is 1.14 bits per heavy atom. The van der Waals surface area contributed by atoms with Crippen molar-refractivity contribution in [1.82, 2.24) is 0 Å². The molecule has 210 valence electrons. The number of alkyl halides is 3. The number of rotatable bonds is 10. The molecule has 0 radical (unpaired) electrons. The summed E-state index contributed by atoms with van der Waals surface area (Å²) in [5.74, 6) is 2.99. The van der Waals surface area contributed by atoms with Gasteiger partial charge in [0.15, 0.2) is 0 Å². The van der Waals surface area contributed by atoms with E-state index in [1.165, 1.54) is 50.0 Å². The van der Waals surface area contributed by atoms with Gasteiger partial charge in [0.05, 0.1) is 6.42 Å². The van der Waals surface area contributed by atoms with Crippen molar-refractivity contribution in [2.24, 2.45) is 5.92 Å². The molecule has 1 N–H and O–H groups in total. The summed E-state index contributed by atoms with van der Waals surface area (Å²) in [4.78, 5) is 10.3. The molecule has 0 spiro atoms. The summed E-state index contributed by atoms with van der Waals surface area (Å²) in [7, 11) is 0. The SMILES string of the molecule is C#CC.CC.CC(/C=C\CC1CCCCCC1)=C/CC(F)(F)F.CC/C(=C/C(=C\C=S)C(C)=N)CC=O. The van der Waals surface area contributed by atoms with Gasteiger partial charge in [-0.15, -0.1) is 12.3 Å². The molecule has 1 fully saturated rings. The second-order valence-corrected chi connectivity index (χ2v) is 8.73. The van der Waals surface area contributed by atoms with Crippen molar-refractivity contribution in [3.8, 4) is 12.3 Å². The van der Waals surface area contributed by atoms with Gasteiger partial charge < -0.3 is 10.2 Å². The number of hydrogen-bond donors (Lipinski definition) is 1. The van der Waals surface area contributed by atoms with Crippen molar-refractivity contribution >= 4 is 29.6 Å². The second kappa shape index (κ2) is 26.8. The van der Waals surface area contributed by atoms with Crippen LogP contribution < -0.4 is 0 Å². The first-order valence-corrected chi connectivity index (χ1v) is 13.6. The van der Waals surface area contributed by atoms with Crippen molar-refractivity contribution in [3.63, 3.8) is 0 Å². The molecule has 0 unspecified atom stereocenters. The van der Waals surface area contributed by atoms with Gasteiger partial charge in [0.25, 0.3) is 0 Å². The number of halogens is 3. The van der Waals surface area contributed by atoms with Crippen molar-refractivity contribution in [1.29, 1.82) is 5.41 Å². The highest BCUT2D eigenvalue weighted by molar-refractivity contribution is 7.79. The van der Waals surface area contributed by atoms with E-state index in [9.17, 15) is 18.0 Å². The largest absolute Gasteiger partial charge is 0.392 e. The minimum Gasteiger partial charge on any atom is -0.305 e. The predicted molar refractivity (Wildman–Crippen MR) is 159 cm³/mol. The summed E-state index contributed by atoms with van der Waals surface area (Å²) in [6.07, 6.45) is 19.4. The van der Waals surface area contributed by atoms with Gasteiger partial charge >= 0.3 is 6.18 Å². The van der Waals surface area contributed by atoms with Crippen LogP contribution in [-0.2, 0) is 4.79 Å². The molecule has 0 aromatic heterocycles. The third-order valence-corrected chi connectivity index (χ3v) is 5.46. The molecule has 2 nitrogen and oxygen atoms in total. The van der Waals surface area contributed by atoms with Gasteiger partial charge in [0.1, 0.15) is 6.29 Å². The number of aldehydes is 1. The molecule has 0 heterocycles. The Kier molecular flexibility index (Phi) is 28.4. The van der Waals surface area contributed by atoms with Gasteiger partial charge in [-0.3, -0.25) is 0 Å². The van der Waals surface area contributed by atoms with E-state index in [-0.39, 0.29) is 0 Å². The summed E-state index contributed by atoms with van der Waals surface area (Å²) < 4.78 is 36.0. The van der Waals surface area contributed by atoms with Gasteiger partial charge in [0, 0.05) is 17.5 Å². The minimum atomic E-state index is -4.09. The Morgan fingerprint density at radius 3 is 2.08 bits per heavy atom. The van der Waals surface area contributed by atoms with Crippen molar-refractivity contribution in [2.75, 3.05) is 0 Å². The number of carbonyl (C=O) groups excluding carboxylic acids is 1. The summed E-state index contributed by atoms with van der Waals surface area (Å²) in [5, 5.41) is 8.97. The van der Waals surface area contributed by atoms with E-state index in [4.69, 9.17) is 17.6 Å². The highest BCUT2D eigenvalue weighted by atomic mass is 32.1. The average molecular weight is 540 g/mol. The van der Waals surface area contributed by atoms with E-state index in [0.717, 1.165) is 36.2 Å². The Hall–Kier alpha value is -2.26. The van der Waals surface area contributed by atoms with E-state index < -0.39 is 12.6 Å². The lowest BCUT2D eigenvalue weighted by Gasteiger charge is -2.10. The molecule has 0 saturated heterocycles. The van der Waals surface area contributed by atoms with Gasteiger partial charge in [-0.05, 0) is 51.2 Å². The van der Waals surface area contributed by atoms with Crippen LogP contribution in [-0.4, -0.2) is 23.5 Å². The Balaban J connectivity index is -0.000000544. The average Bonchev–Trinajstić information content (AvgIpc) is 3.12. The fourth-order valence-electron chi connectivity index (χ4n) is 3.38.